The maximum Gasteiger partial charge on any atom is 0.318 e. The number of rotatable bonds is 6. The number of ether oxygens (including phenoxy) is 1. The summed E-state index contributed by atoms with van der Waals surface area (Å²) in [6.07, 6.45) is -0.299. The second kappa shape index (κ2) is 8.17. The van der Waals surface area contributed by atoms with Crippen LogP contribution in [0, 0.1) is 5.92 Å². The third-order valence-electron chi connectivity index (χ3n) is 3.53. The fourth-order valence-electron chi connectivity index (χ4n) is 2.12. The van der Waals surface area contributed by atoms with Crippen molar-refractivity contribution in [3.63, 3.8) is 0 Å². The van der Waals surface area contributed by atoms with Gasteiger partial charge in [-0.05, 0) is 18.4 Å². The van der Waals surface area contributed by atoms with Crippen LogP contribution in [0.1, 0.15) is 38.7 Å². The molecule has 0 saturated heterocycles. The van der Waals surface area contributed by atoms with Gasteiger partial charge in [0, 0.05) is 0 Å². The Labute approximate surface area is 130 Å². The Morgan fingerprint density at radius 2 is 1.77 bits per heavy atom. The minimum Gasteiger partial charge on any atom is -0.452 e. The van der Waals surface area contributed by atoms with E-state index in [-0.39, 0.29) is 5.92 Å². The van der Waals surface area contributed by atoms with E-state index in [1.807, 2.05) is 49.5 Å². The van der Waals surface area contributed by atoms with Crippen molar-refractivity contribution in [3.05, 3.63) is 35.9 Å². The van der Waals surface area contributed by atoms with Crippen LogP contribution in [0.3, 0.4) is 0 Å². The number of amides is 3. The van der Waals surface area contributed by atoms with Crippen LogP contribution in [-0.4, -0.2) is 24.0 Å². The normalized spacial score (nSPS) is 14.5. The Kier molecular flexibility index (Phi) is 6.56. The zero-order valence-corrected chi connectivity index (χ0v) is 13.0. The number of urea groups is 1. The predicted octanol–water partition coefficient (Wildman–Crippen LogP) is 1.94. The number of carbonyl (C=O) groups is 3. The van der Waals surface area contributed by atoms with E-state index in [2.05, 4.69) is 0 Å². The van der Waals surface area contributed by atoms with Gasteiger partial charge < -0.3 is 10.5 Å². The first-order valence-corrected chi connectivity index (χ1v) is 7.22. The summed E-state index contributed by atoms with van der Waals surface area (Å²) < 4.78 is 5.19. The number of nitrogens with one attached hydrogen (secondary N) is 1. The quantitative estimate of drug-likeness (QED) is 0.785. The molecule has 1 aromatic rings. The van der Waals surface area contributed by atoms with Crippen molar-refractivity contribution >= 4 is 17.9 Å². The van der Waals surface area contributed by atoms with Crippen LogP contribution in [0.25, 0.3) is 0 Å². The lowest BCUT2D eigenvalue weighted by molar-refractivity contribution is -0.157. The van der Waals surface area contributed by atoms with Crippen molar-refractivity contribution in [2.24, 2.45) is 11.7 Å². The highest BCUT2D eigenvalue weighted by Crippen LogP contribution is 2.28. The van der Waals surface area contributed by atoms with Crippen molar-refractivity contribution in [2.45, 2.75) is 39.2 Å². The Hall–Kier alpha value is -2.37. The molecule has 0 spiro atoms. The highest BCUT2D eigenvalue weighted by Gasteiger charge is 2.30. The summed E-state index contributed by atoms with van der Waals surface area (Å²) in [4.78, 5) is 34.7. The molecule has 0 fully saturated rings. The molecular weight excluding hydrogens is 284 g/mol. The van der Waals surface area contributed by atoms with E-state index in [1.165, 1.54) is 6.92 Å². The van der Waals surface area contributed by atoms with Gasteiger partial charge in [-0.1, -0.05) is 50.6 Å². The molecule has 3 N–H and O–H groups in total. The molecule has 6 nitrogen and oxygen atoms in total. The first-order valence-electron chi connectivity index (χ1n) is 7.22. The molecule has 0 unspecified atom stereocenters. The third-order valence-corrected chi connectivity index (χ3v) is 3.53. The van der Waals surface area contributed by atoms with E-state index in [4.69, 9.17) is 10.5 Å². The highest BCUT2D eigenvalue weighted by molar-refractivity contribution is 5.96. The molecule has 0 radical (unpaired) electrons. The lowest BCUT2D eigenvalue weighted by Crippen LogP contribution is -2.42. The first-order chi connectivity index (χ1) is 10.4. The minimum atomic E-state index is -1.09. The van der Waals surface area contributed by atoms with E-state index in [0.717, 1.165) is 12.0 Å². The lowest BCUT2D eigenvalue weighted by atomic mass is 9.85. The Balaban J connectivity index is 2.85. The minimum absolute atomic E-state index is 0.0568. The van der Waals surface area contributed by atoms with Gasteiger partial charge in [0.05, 0.1) is 5.92 Å². The summed E-state index contributed by atoms with van der Waals surface area (Å²) in [5, 5.41) is 1.89. The average molecular weight is 306 g/mol. The molecule has 22 heavy (non-hydrogen) atoms. The summed E-state index contributed by atoms with van der Waals surface area (Å²) in [5.74, 6) is -1.64. The number of carbonyl (C=O) groups excluding carboxylic acids is 3. The molecule has 1 rings (SSSR count). The molecule has 0 bridgehead atoms. The Morgan fingerprint density at radius 3 is 2.27 bits per heavy atom. The second-order valence-corrected chi connectivity index (χ2v) is 5.21. The number of hydrogen-bond acceptors (Lipinski definition) is 4. The lowest BCUT2D eigenvalue weighted by Gasteiger charge is -2.23. The van der Waals surface area contributed by atoms with Crippen LogP contribution in [-0.2, 0) is 14.3 Å². The van der Waals surface area contributed by atoms with Crippen LogP contribution >= 0.6 is 0 Å². The number of hydrogen-bond donors (Lipinski definition) is 2. The van der Waals surface area contributed by atoms with Crippen LogP contribution in [0.4, 0.5) is 4.79 Å². The number of primary amides is 1. The highest BCUT2D eigenvalue weighted by atomic mass is 16.5. The third kappa shape index (κ3) is 4.87. The molecule has 0 aliphatic carbocycles. The van der Waals surface area contributed by atoms with E-state index >= 15 is 0 Å². The predicted molar refractivity (Wildman–Crippen MR) is 81.9 cm³/mol. The van der Waals surface area contributed by atoms with Gasteiger partial charge >= 0.3 is 12.0 Å². The summed E-state index contributed by atoms with van der Waals surface area (Å²) >= 11 is 0. The smallest absolute Gasteiger partial charge is 0.318 e. The Bertz CT molecular complexity index is 530. The fraction of sp³-hybridized carbons (Fsp3) is 0.438. The molecule has 3 atom stereocenters. The standard InChI is InChI=1S/C16H22N2O4/c1-4-10(2)13(12-8-6-5-7-9-12)15(20)22-11(3)14(19)18-16(17)21/h5-11,13H,4H2,1-3H3,(H3,17,18,19,21)/t10-,11-,13-/m0/s1. The van der Waals surface area contributed by atoms with Crippen molar-refractivity contribution in [2.75, 3.05) is 0 Å². The monoisotopic (exact) mass is 306 g/mol. The van der Waals surface area contributed by atoms with Crippen molar-refractivity contribution in [1.82, 2.24) is 5.32 Å². The molecule has 120 valence electrons. The van der Waals surface area contributed by atoms with E-state index < -0.39 is 29.9 Å². The van der Waals surface area contributed by atoms with Crippen LogP contribution in [0.2, 0.25) is 0 Å². The van der Waals surface area contributed by atoms with Gasteiger partial charge in [0.2, 0.25) is 0 Å². The Morgan fingerprint density at radius 1 is 1.18 bits per heavy atom. The molecule has 1 aromatic carbocycles. The number of esters is 1. The molecule has 0 aromatic heterocycles. The van der Waals surface area contributed by atoms with Gasteiger partial charge in [-0.2, -0.15) is 0 Å². The van der Waals surface area contributed by atoms with Crippen LogP contribution in [0.15, 0.2) is 30.3 Å². The van der Waals surface area contributed by atoms with Gasteiger partial charge in [0.1, 0.15) is 0 Å². The topological polar surface area (TPSA) is 98.5 Å². The number of imide groups is 1. The van der Waals surface area contributed by atoms with Crippen LogP contribution in [0.5, 0.6) is 0 Å². The summed E-state index contributed by atoms with van der Waals surface area (Å²) in [7, 11) is 0. The van der Waals surface area contributed by atoms with Gasteiger partial charge in [0.15, 0.2) is 6.10 Å². The summed E-state index contributed by atoms with van der Waals surface area (Å²) in [5.41, 5.74) is 5.71. The largest absolute Gasteiger partial charge is 0.452 e. The van der Waals surface area contributed by atoms with Crippen molar-refractivity contribution in [3.8, 4) is 0 Å². The molecule has 0 aliphatic heterocycles. The molecule has 0 aliphatic rings. The van der Waals surface area contributed by atoms with Crippen molar-refractivity contribution < 1.29 is 19.1 Å². The van der Waals surface area contributed by atoms with E-state index in [9.17, 15) is 14.4 Å². The van der Waals surface area contributed by atoms with Gasteiger partial charge in [0.25, 0.3) is 5.91 Å². The molecular formula is C16H22N2O4. The van der Waals surface area contributed by atoms with Gasteiger partial charge in [-0.15, -0.1) is 0 Å². The SMILES string of the molecule is CC[C@H](C)[C@H](C(=O)O[C@@H](C)C(=O)NC(N)=O)c1ccccc1. The molecule has 0 heterocycles. The average Bonchev–Trinajstić information content (AvgIpc) is 2.47. The molecule has 3 amide bonds. The number of benzene rings is 1. The second-order valence-electron chi connectivity index (χ2n) is 5.21. The first kappa shape index (κ1) is 17.7. The molecule has 6 heteroatoms. The van der Waals surface area contributed by atoms with Crippen LogP contribution < -0.4 is 11.1 Å². The van der Waals surface area contributed by atoms with Gasteiger partial charge in [-0.3, -0.25) is 14.9 Å². The zero-order chi connectivity index (χ0) is 16.7. The maximum absolute atomic E-state index is 12.4. The fourth-order valence-corrected chi connectivity index (χ4v) is 2.12. The molecule has 0 saturated carbocycles. The van der Waals surface area contributed by atoms with Crippen molar-refractivity contribution in [1.29, 1.82) is 0 Å². The van der Waals surface area contributed by atoms with E-state index in [1.54, 1.807) is 0 Å². The zero-order valence-electron chi connectivity index (χ0n) is 13.0. The summed E-state index contributed by atoms with van der Waals surface area (Å²) in [6, 6.07) is 8.29. The van der Waals surface area contributed by atoms with Gasteiger partial charge in [-0.25, -0.2) is 4.79 Å². The number of nitrogens with two attached hydrogens (primary N) is 1. The van der Waals surface area contributed by atoms with E-state index in [0.29, 0.717) is 0 Å². The maximum atomic E-state index is 12.4. The summed E-state index contributed by atoms with van der Waals surface area (Å²) in [6.45, 7) is 5.33.